The number of carbonyl (C=O) groups is 1. The van der Waals surface area contributed by atoms with Crippen molar-refractivity contribution in [1.82, 2.24) is 9.97 Å². The van der Waals surface area contributed by atoms with E-state index >= 15 is 0 Å². The van der Waals surface area contributed by atoms with E-state index in [-0.39, 0.29) is 5.97 Å². The molecule has 0 radical (unpaired) electrons. The van der Waals surface area contributed by atoms with Gasteiger partial charge in [0.1, 0.15) is 27.6 Å². The number of hydrogen-bond donors (Lipinski definition) is 0. The van der Waals surface area contributed by atoms with Crippen molar-refractivity contribution >= 4 is 33.3 Å². The van der Waals surface area contributed by atoms with Crippen LogP contribution >= 0.6 is 11.3 Å². The number of nitrogens with zero attached hydrogens (tertiary/aromatic N) is 3. The van der Waals surface area contributed by atoms with E-state index in [0.29, 0.717) is 11.5 Å². The molecule has 0 fully saturated rings. The van der Waals surface area contributed by atoms with Crippen LogP contribution in [-0.2, 0) is 17.7 Å². The topological polar surface area (TPSA) is 64.5 Å². The molecule has 0 unspecified atom stereocenters. The molecular weight excluding hydrogens is 362 g/mol. The van der Waals surface area contributed by atoms with Gasteiger partial charge in [-0.3, -0.25) is 0 Å². The van der Waals surface area contributed by atoms with Crippen LogP contribution < -0.4 is 9.64 Å². The number of carbonyl (C=O) groups excluding carboxylic acids is 1. The highest BCUT2D eigenvalue weighted by Crippen LogP contribution is 2.37. The van der Waals surface area contributed by atoms with E-state index in [1.54, 1.807) is 13.4 Å². The second-order valence-corrected chi connectivity index (χ2v) is 7.42. The summed E-state index contributed by atoms with van der Waals surface area (Å²) in [7, 11) is 1.71. The summed E-state index contributed by atoms with van der Waals surface area (Å²) < 4.78 is 10.7. The first-order valence-electron chi connectivity index (χ1n) is 8.95. The molecule has 7 heteroatoms. The van der Waals surface area contributed by atoms with Crippen LogP contribution in [0, 0.1) is 6.92 Å². The van der Waals surface area contributed by atoms with Gasteiger partial charge in [-0.05, 0) is 37.5 Å². The second-order valence-electron chi connectivity index (χ2n) is 6.42. The molecule has 0 saturated heterocycles. The average Bonchev–Trinajstić information content (AvgIpc) is 3.04. The first kappa shape index (κ1) is 17.7. The zero-order valence-corrected chi connectivity index (χ0v) is 16.4. The minimum atomic E-state index is -0.294. The lowest BCUT2D eigenvalue weighted by molar-refractivity contribution is 0.0531. The normalized spacial score (nSPS) is 13.5. The highest BCUT2D eigenvalue weighted by molar-refractivity contribution is 7.20. The van der Waals surface area contributed by atoms with Crippen LogP contribution in [0.2, 0.25) is 0 Å². The number of anilines is 1. The van der Waals surface area contributed by atoms with Crippen molar-refractivity contribution < 1.29 is 14.3 Å². The van der Waals surface area contributed by atoms with Crippen molar-refractivity contribution in [1.29, 1.82) is 0 Å². The third kappa shape index (κ3) is 3.02. The Morgan fingerprint density at radius 3 is 2.96 bits per heavy atom. The maximum absolute atomic E-state index is 12.3. The smallest absolute Gasteiger partial charge is 0.348 e. The van der Waals surface area contributed by atoms with Gasteiger partial charge < -0.3 is 14.4 Å². The maximum atomic E-state index is 12.3. The van der Waals surface area contributed by atoms with Crippen molar-refractivity contribution in [3.8, 4) is 5.75 Å². The van der Waals surface area contributed by atoms with Gasteiger partial charge in [0, 0.05) is 18.7 Å². The maximum Gasteiger partial charge on any atom is 0.348 e. The van der Waals surface area contributed by atoms with Gasteiger partial charge in [0.15, 0.2) is 0 Å². The largest absolute Gasteiger partial charge is 0.496 e. The number of esters is 1. The van der Waals surface area contributed by atoms with E-state index in [1.807, 2.05) is 26.0 Å². The van der Waals surface area contributed by atoms with Crippen LogP contribution in [0.5, 0.6) is 5.75 Å². The van der Waals surface area contributed by atoms with Crippen molar-refractivity contribution in [2.24, 2.45) is 0 Å². The van der Waals surface area contributed by atoms with Crippen molar-refractivity contribution in [2.45, 2.75) is 26.8 Å². The van der Waals surface area contributed by atoms with Gasteiger partial charge >= 0.3 is 5.97 Å². The molecule has 1 aliphatic heterocycles. The summed E-state index contributed by atoms with van der Waals surface area (Å²) in [4.78, 5) is 24.9. The predicted molar refractivity (Wildman–Crippen MR) is 106 cm³/mol. The van der Waals surface area contributed by atoms with Gasteiger partial charge in [-0.1, -0.05) is 12.1 Å². The fourth-order valence-corrected chi connectivity index (χ4v) is 4.67. The number of fused-ring (bicyclic) bond motifs is 2. The summed E-state index contributed by atoms with van der Waals surface area (Å²) in [5, 5.41) is 0.942. The quantitative estimate of drug-likeness (QED) is 0.640. The Balaban J connectivity index is 1.75. The number of aryl methyl sites for hydroxylation is 1. The predicted octanol–water partition coefficient (Wildman–Crippen LogP) is 3.75. The highest BCUT2D eigenvalue weighted by Gasteiger charge is 2.25. The third-order valence-electron chi connectivity index (χ3n) is 4.91. The summed E-state index contributed by atoms with van der Waals surface area (Å²) in [6.45, 7) is 5.70. The molecule has 0 aliphatic carbocycles. The molecular formula is C20H21N3O3S. The Morgan fingerprint density at radius 2 is 2.19 bits per heavy atom. The minimum absolute atomic E-state index is 0.294. The van der Waals surface area contributed by atoms with E-state index in [0.717, 1.165) is 46.9 Å². The Morgan fingerprint density at radius 1 is 1.33 bits per heavy atom. The summed E-state index contributed by atoms with van der Waals surface area (Å²) in [6, 6.07) is 6.16. The van der Waals surface area contributed by atoms with E-state index in [4.69, 9.17) is 9.47 Å². The minimum Gasteiger partial charge on any atom is -0.496 e. The number of thiophene rings is 1. The molecule has 4 rings (SSSR count). The Hall–Kier alpha value is -2.67. The van der Waals surface area contributed by atoms with Crippen LogP contribution in [0.1, 0.15) is 33.3 Å². The van der Waals surface area contributed by atoms with Crippen molar-refractivity contribution in [3.05, 3.63) is 46.1 Å². The van der Waals surface area contributed by atoms with Crippen molar-refractivity contribution in [2.75, 3.05) is 25.2 Å². The molecule has 140 valence electrons. The van der Waals surface area contributed by atoms with Gasteiger partial charge in [0.25, 0.3) is 0 Å². The molecule has 0 atom stereocenters. The molecule has 3 heterocycles. The van der Waals surface area contributed by atoms with Crippen LogP contribution in [0.25, 0.3) is 10.2 Å². The number of benzene rings is 1. The van der Waals surface area contributed by atoms with Crippen LogP contribution in [0.3, 0.4) is 0 Å². The Bertz CT molecular complexity index is 1020. The van der Waals surface area contributed by atoms with E-state index < -0.39 is 0 Å². The SMILES string of the molecule is CCOC(=O)c1sc2ncnc(N3CCc4c(cccc4OC)C3)c2c1C. The fraction of sp³-hybridized carbons (Fsp3) is 0.350. The number of ether oxygens (including phenoxy) is 2. The van der Waals surface area contributed by atoms with E-state index in [2.05, 4.69) is 20.9 Å². The average molecular weight is 383 g/mol. The lowest BCUT2D eigenvalue weighted by Crippen LogP contribution is -2.31. The van der Waals surface area contributed by atoms with Crippen LogP contribution in [0.4, 0.5) is 5.82 Å². The van der Waals surface area contributed by atoms with E-state index in [9.17, 15) is 4.79 Å². The lowest BCUT2D eigenvalue weighted by Gasteiger charge is -2.31. The Labute approximate surface area is 161 Å². The summed E-state index contributed by atoms with van der Waals surface area (Å²) >= 11 is 1.37. The Kier molecular flexibility index (Phi) is 4.70. The standard InChI is InChI=1S/C20H21N3O3S/c1-4-26-20(24)17-12(2)16-18(21-11-22-19(16)27-17)23-9-8-14-13(10-23)6-5-7-15(14)25-3/h5-7,11H,4,8-10H2,1-3H3. The zero-order valence-electron chi connectivity index (χ0n) is 15.6. The highest BCUT2D eigenvalue weighted by atomic mass is 32.1. The molecule has 3 aromatic rings. The molecule has 6 nitrogen and oxygen atoms in total. The first-order valence-corrected chi connectivity index (χ1v) is 9.76. The van der Waals surface area contributed by atoms with Crippen LogP contribution in [0.15, 0.2) is 24.5 Å². The van der Waals surface area contributed by atoms with Gasteiger partial charge in [-0.25, -0.2) is 14.8 Å². The van der Waals surface area contributed by atoms with Gasteiger partial charge in [0.05, 0.1) is 19.1 Å². The van der Waals surface area contributed by atoms with Gasteiger partial charge in [-0.15, -0.1) is 11.3 Å². The van der Waals surface area contributed by atoms with Crippen molar-refractivity contribution in [3.63, 3.8) is 0 Å². The summed E-state index contributed by atoms with van der Waals surface area (Å²) in [6.07, 6.45) is 2.46. The molecule has 0 amide bonds. The number of methoxy groups -OCH3 is 1. The number of hydrogen-bond acceptors (Lipinski definition) is 7. The lowest BCUT2D eigenvalue weighted by atomic mass is 9.98. The first-order chi connectivity index (χ1) is 13.1. The second kappa shape index (κ2) is 7.15. The molecule has 0 bridgehead atoms. The van der Waals surface area contributed by atoms with E-state index in [1.165, 1.54) is 22.5 Å². The molecule has 2 aromatic heterocycles. The molecule has 1 aliphatic rings. The molecule has 0 spiro atoms. The molecule has 0 N–H and O–H groups in total. The summed E-state index contributed by atoms with van der Waals surface area (Å²) in [5.74, 6) is 1.52. The molecule has 1 aromatic carbocycles. The van der Waals surface area contributed by atoms with Gasteiger partial charge in [-0.2, -0.15) is 0 Å². The third-order valence-corrected chi connectivity index (χ3v) is 6.09. The molecule has 27 heavy (non-hydrogen) atoms. The zero-order chi connectivity index (χ0) is 19.0. The van der Waals surface area contributed by atoms with Gasteiger partial charge in [0.2, 0.25) is 0 Å². The monoisotopic (exact) mass is 383 g/mol. The number of rotatable bonds is 4. The number of aromatic nitrogens is 2. The summed E-state index contributed by atoms with van der Waals surface area (Å²) in [5.41, 5.74) is 3.39. The fourth-order valence-electron chi connectivity index (χ4n) is 3.63. The van der Waals surface area contributed by atoms with Crippen LogP contribution in [-0.4, -0.2) is 36.2 Å². The molecule has 0 saturated carbocycles.